The van der Waals surface area contributed by atoms with Crippen LogP contribution < -0.4 is 10.6 Å². The molecule has 4 rings (SSSR count). The van der Waals surface area contributed by atoms with Gasteiger partial charge in [-0.05, 0) is 55.0 Å². The molecule has 1 aromatic heterocycles. The molecule has 2 amide bonds. The van der Waals surface area contributed by atoms with Gasteiger partial charge >= 0.3 is 0 Å². The molecule has 2 aromatic carbocycles. The van der Waals surface area contributed by atoms with E-state index in [1.165, 1.54) is 0 Å². The second kappa shape index (κ2) is 9.57. The molecule has 30 heavy (non-hydrogen) atoms. The first-order valence-electron chi connectivity index (χ1n) is 10.7. The minimum absolute atomic E-state index is 0.0356. The number of imidazole rings is 1. The van der Waals surface area contributed by atoms with Crippen molar-refractivity contribution in [1.82, 2.24) is 20.6 Å². The van der Waals surface area contributed by atoms with Gasteiger partial charge in [0.2, 0.25) is 5.91 Å². The average molecular weight is 405 g/mol. The van der Waals surface area contributed by atoms with E-state index in [1.54, 1.807) is 6.20 Å². The van der Waals surface area contributed by atoms with Crippen molar-refractivity contribution in [2.75, 3.05) is 6.54 Å². The third kappa shape index (κ3) is 5.06. The Kier molecular flexibility index (Phi) is 6.42. The van der Waals surface area contributed by atoms with Gasteiger partial charge in [0.15, 0.2) is 0 Å². The van der Waals surface area contributed by atoms with E-state index in [-0.39, 0.29) is 23.8 Å². The van der Waals surface area contributed by atoms with Gasteiger partial charge in [-0.1, -0.05) is 30.3 Å². The summed E-state index contributed by atoms with van der Waals surface area (Å²) in [5.41, 5.74) is 0.685. The van der Waals surface area contributed by atoms with Crippen LogP contribution >= 0.6 is 0 Å². The molecule has 1 aliphatic rings. The van der Waals surface area contributed by atoms with Gasteiger partial charge in [-0.25, -0.2) is 4.98 Å². The molecule has 6 heteroatoms. The van der Waals surface area contributed by atoms with Gasteiger partial charge in [0.25, 0.3) is 5.91 Å². The molecule has 1 saturated carbocycles. The van der Waals surface area contributed by atoms with E-state index in [0.29, 0.717) is 12.1 Å². The molecular weight excluding hydrogens is 376 g/mol. The molecule has 1 aliphatic carbocycles. The van der Waals surface area contributed by atoms with Gasteiger partial charge in [0.1, 0.15) is 5.82 Å². The second-order valence-corrected chi connectivity index (χ2v) is 8.01. The number of nitrogens with one attached hydrogen (secondary N) is 3. The Morgan fingerprint density at radius 1 is 1.03 bits per heavy atom. The number of aryl methyl sites for hydroxylation is 1. The fraction of sp³-hybridized carbons (Fsp3) is 0.375. The Morgan fingerprint density at radius 3 is 2.60 bits per heavy atom. The first kappa shape index (κ1) is 20.1. The number of benzene rings is 2. The monoisotopic (exact) mass is 404 g/mol. The van der Waals surface area contributed by atoms with Crippen LogP contribution in [0.2, 0.25) is 0 Å². The lowest BCUT2D eigenvalue weighted by Gasteiger charge is -2.28. The van der Waals surface area contributed by atoms with E-state index in [0.717, 1.165) is 55.1 Å². The molecule has 6 nitrogen and oxygen atoms in total. The Bertz CT molecular complexity index is 991. The quantitative estimate of drug-likeness (QED) is 0.526. The molecule has 0 atom stereocenters. The number of nitrogens with zero attached hydrogens (tertiary/aromatic N) is 1. The van der Waals surface area contributed by atoms with E-state index < -0.39 is 0 Å². The molecule has 0 unspecified atom stereocenters. The zero-order valence-corrected chi connectivity index (χ0v) is 17.1. The zero-order chi connectivity index (χ0) is 20.8. The topological polar surface area (TPSA) is 86.9 Å². The van der Waals surface area contributed by atoms with Crippen molar-refractivity contribution in [3.05, 3.63) is 66.2 Å². The molecule has 0 radical (unpaired) electrons. The molecule has 156 valence electrons. The minimum Gasteiger partial charge on any atom is -0.356 e. The van der Waals surface area contributed by atoms with Crippen LogP contribution in [-0.2, 0) is 11.2 Å². The smallest absolute Gasteiger partial charge is 0.251 e. The summed E-state index contributed by atoms with van der Waals surface area (Å²) in [5.74, 6) is 1.09. The van der Waals surface area contributed by atoms with Crippen molar-refractivity contribution >= 4 is 22.6 Å². The predicted octanol–water partition coefficient (Wildman–Crippen LogP) is 3.60. The SMILES string of the molecule is O=C(NC1CCC(C(=O)NCCCc2ncc[nH]2)CC1)c1ccc2ccccc2c1. The van der Waals surface area contributed by atoms with Crippen LogP contribution in [0.3, 0.4) is 0 Å². The normalized spacial score (nSPS) is 18.8. The number of aromatic nitrogens is 2. The number of hydrogen-bond donors (Lipinski definition) is 3. The van der Waals surface area contributed by atoms with Crippen LogP contribution in [0.15, 0.2) is 54.9 Å². The maximum atomic E-state index is 12.6. The summed E-state index contributed by atoms with van der Waals surface area (Å²) in [7, 11) is 0. The number of carbonyl (C=O) groups is 2. The summed E-state index contributed by atoms with van der Waals surface area (Å²) in [6.45, 7) is 0.665. The number of aromatic amines is 1. The highest BCUT2D eigenvalue weighted by atomic mass is 16.2. The van der Waals surface area contributed by atoms with Crippen LogP contribution in [0.5, 0.6) is 0 Å². The summed E-state index contributed by atoms with van der Waals surface area (Å²) in [6.07, 6.45) is 8.56. The highest BCUT2D eigenvalue weighted by Gasteiger charge is 2.27. The highest BCUT2D eigenvalue weighted by Crippen LogP contribution is 2.25. The molecule has 0 bridgehead atoms. The first-order valence-corrected chi connectivity index (χ1v) is 10.7. The van der Waals surface area contributed by atoms with Crippen molar-refractivity contribution in [1.29, 1.82) is 0 Å². The average Bonchev–Trinajstić information content (AvgIpc) is 3.30. The van der Waals surface area contributed by atoms with Gasteiger partial charge in [0, 0.05) is 42.9 Å². The number of fused-ring (bicyclic) bond motifs is 1. The Balaban J connectivity index is 1.20. The molecule has 3 N–H and O–H groups in total. The fourth-order valence-electron chi connectivity index (χ4n) is 4.15. The van der Waals surface area contributed by atoms with E-state index in [9.17, 15) is 9.59 Å². The lowest BCUT2D eigenvalue weighted by molar-refractivity contribution is -0.126. The Hall–Kier alpha value is -3.15. The van der Waals surface area contributed by atoms with Gasteiger partial charge in [-0.3, -0.25) is 9.59 Å². The van der Waals surface area contributed by atoms with Crippen molar-refractivity contribution in [3.63, 3.8) is 0 Å². The van der Waals surface area contributed by atoms with Crippen molar-refractivity contribution in [2.45, 2.75) is 44.6 Å². The summed E-state index contributed by atoms with van der Waals surface area (Å²) in [4.78, 5) is 32.3. The van der Waals surface area contributed by atoms with E-state index >= 15 is 0 Å². The lowest BCUT2D eigenvalue weighted by Crippen LogP contribution is -2.41. The molecule has 3 aromatic rings. The lowest BCUT2D eigenvalue weighted by atomic mass is 9.85. The van der Waals surface area contributed by atoms with E-state index in [4.69, 9.17) is 0 Å². The van der Waals surface area contributed by atoms with Crippen molar-refractivity contribution in [3.8, 4) is 0 Å². The van der Waals surface area contributed by atoms with Crippen LogP contribution in [-0.4, -0.2) is 34.4 Å². The second-order valence-electron chi connectivity index (χ2n) is 8.01. The molecule has 1 heterocycles. The number of carbonyl (C=O) groups excluding carboxylic acids is 2. The van der Waals surface area contributed by atoms with Gasteiger partial charge in [-0.15, -0.1) is 0 Å². The summed E-state index contributed by atoms with van der Waals surface area (Å²) in [5, 5.41) is 8.39. The van der Waals surface area contributed by atoms with Crippen LogP contribution in [0.1, 0.15) is 48.3 Å². The molecule has 0 aliphatic heterocycles. The van der Waals surface area contributed by atoms with Crippen molar-refractivity contribution < 1.29 is 9.59 Å². The first-order chi connectivity index (χ1) is 14.7. The third-order valence-electron chi connectivity index (χ3n) is 5.89. The fourth-order valence-corrected chi connectivity index (χ4v) is 4.15. The molecular formula is C24H28N4O2. The van der Waals surface area contributed by atoms with Crippen LogP contribution in [0.25, 0.3) is 10.8 Å². The minimum atomic E-state index is -0.0356. The van der Waals surface area contributed by atoms with E-state index in [1.807, 2.05) is 48.7 Å². The highest BCUT2D eigenvalue weighted by molar-refractivity contribution is 5.98. The van der Waals surface area contributed by atoms with Crippen molar-refractivity contribution in [2.24, 2.45) is 5.92 Å². The van der Waals surface area contributed by atoms with Gasteiger partial charge < -0.3 is 15.6 Å². The van der Waals surface area contributed by atoms with Crippen LogP contribution in [0, 0.1) is 5.92 Å². The zero-order valence-electron chi connectivity index (χ0n) is 17.1. The maximum absolute atomic E-state index is 12.6. The predicted molar refractivity (Wildman–Crippen MR) is 117 cm³/mol. The van der Waals surface area contributed by atoms with Crippen LogP contribution in [0.4, 0.5) is 0 Å². The Morgan fingerprint density at radius 2 is 1.83 bits per heavy atom. The van der Waals surface area contributed by atoms with Gasteiger partial charge in [0.05, 0.1) is 0 Å². The largest absolute Gasteiger partial charge is 0.356 e. The number of H-pyrrole nitrogens is 1. The molecule has 0 saturated heterocycles. The van der Waals surface area contributed by atoms with Gasteiger partial charge in [-0.2, -0.15) is 0 Å². The molecule has 1 fully saturated rings. The Labute approximate surface area is 176 Å². The maximum Gasteiger partial charge on any atom is 0.251 e. The molecule has 0 spiro atoms. The number of rotatable bonds is 7. The summed E-state index contributed by atoms with van der Waals surface area (Å²) < 4.78 is 0. The summed E-state index contributed by atoms with van der Waals surface area (Å²) >= 11 is 0. The standard InChI is InChI=1S/C24H28N4O2/c29-23(27-13-3-6-22-25-14-15-26-22)18-9-11-21(12-10-18)28-24(30)20-8-7-17-4-1-2-5-19(17)16-20/h1-2,4-5,7-8,14-16,18,21H,3,6,9-13H2,(H,25,26)(H,27,29)(H,28,30). The number of hydrogen-bond acceptors (Lipinski definition) is 3. The third-order valence-corrected chi connectivity index (χ3v) is 5.89. The summed E-state index contributed by atoms with van der Waals surface area (Å²) in [6, 6.07) is 14.0. The number of amides is 2. The van der Waals surface area contributed by atoms with E-state index in [2.05, 4.69) is 20.6 Å².